The molecule has 2 heterocycles. The van der Waals surface area contributed by atoms with Crippen LogP contribution in [0.5, 0.6) is 0 Å². The van der Waals surface area contributed by atoms with E-state index in [0.29, 0.717) is 16.8 Å². The number of thiophene rings is 1. The van der Waals surface area contributed by atoms with Gasteiger partial charge in [0, 0.05) is 10.3 Å². The zero-order chi connectivity index (χ0) is 18.1. The maximum absolute atomic E-state index is 12.6. The smallest absolute Gasteiger partial charge is 0.260 e. The van der Waals surface area contributed by atoms with Gasteiger partial charge in [-0.3, -0.25) is 9.59 Å². The summed E-state index contributed by atoms with van der Waals surface area (Å²) in [5.74, 6) is 1.01. The summed E-state index contributed by atoms with van der Waals surface area (Å²) in [4.78, 5) is 34.0. The van der Waals surface area contributed by atoms with Crippen LogP contribution in [0.3, 0.4) is 0 Å². The fraction of sp³-hybridized carbons (Fsp3) is 0.611. The SMILES string of the molecule is CCC(C)Cc1c(C)sc2nc(SCC(=O)C(C)(C)C)[nH]c(=O)c12. The lowest BCUT2D eigenvalue weighted by Crippen LogP contribution is -2.22. The predicted octanol–water partition coefficient (Wildman–Crippen LogP) is 4.59. The molecule has 0 spiro atoms. The average molecular weight is 367 g/mol. The largest absolute Gasteiger partial charge is 0.301 e. The Morgan fingerprint density at radius 2 is 2.04 bits per heavy atom. The minimum Gasteiger partial charge on any atom is -0.301 e. The standard InChI is InChI=1S/C18H26N2O2S2/c1-7-10(2)8-12-11(3)24-16-14(12)15(22)19-17(20-16)23-9-13(21)18(4,5)6/h10H,7-9H2,1-6H3,(H,19,20,22). The lowest BCUT2D eigenvalue weighted by atomic mass is 9.92. The van der Waals surface area contributed by atoms with Crippen LogP contribution in [0.2, 0.25) is 0 Å². The van der Waals surface area contributed by atoms with Crippen LogP contribution < -0.4 is 5.56 Å². The van der Waals surface area contributed by atoms with E-state index in [-0.39, 0.29) is 16.8 Å². The molecule has 132 valence electrons. The number of nitrogens with one attached hydrogen (secondary N) is 1. The number of nitrogens with zero attached hydrogens (tertiary/aromatic N) is 1. The zero-order valence-corrected chi connectivity index (χ0v) is 16.9. The first kappa shape index (κ1) is 19.2. The number of hydrogen-bond acceptors (Lipinski definition) is 5. The Morgan fingerprint density at radius 1 is 1.38 bits per heavy atom. The van der Waals surface area contributed by atoms with E-state index < -0.39 is 0 Å². The molecule has 0 amide bonds. The van der Waals surface area contributed by atoms with Gasteiger partial charge in [0.15, 0.2) is 5.16 Å². The number of aromatic amines is 1. The lowest BCUT2D eigenvalue weighted by Gasteiger charge is -2.15. The molecular formula is C18H26N2O2S2. The molecule has 0 aliphatic heterocycles. The van der Waals surface area contributed by atoms with Gasteiger partial charge in [-0.25, -0.2) is 4.98 Å². The van der Waals surface area contributed by atoms with Crippen LogP contribution in [0.4, 0.5) is 0 Å². The number of rotatable bonds is 6. The molecule has 1 unspecified atom stereocenters. The molecule has 1 N–H and O–H groups in total. The number of carbonyl (C=O) groups excluding carboxylic acids is 1. The van der Waals surface area contributed by atoms with Gasteiger partial charge in [-0.05, 0) is 24.8 Å². The second-order valence-corrected chi connectivity index (χ2v) is 9.53. The minimum absolute atomic E-state index is 0.0895. The van der Waals surface area contributed by atoms with E-state index in [0.717, 1.165) is 33.5 Å². The summed E-state index contributed by atoms with van der Waals surface area (Å²) in [6.45, 7) is 12.1. The van der Waals surface area contributed by atoms with Crippen molar-refractivity contribution in [3.8, 4) is 0 Å². The summed E-state index contributed by atoms with van der Waals surface area (Å²) < 4.78 is 0. The first-order chi connectivity index (χ1) is 11.1. The molecule has 2 aromatic heterocycles. The van der Waals surface area contributed by atoms with Crippen molar-refractivity contribution >= 4 is 39.1 Å². The molecule has 24 heavy (non-hydrogen) atoms. The zero-order valence-electron chi connectivity index (χ0n) is 15.3. The number of aromatic nitrogens is 2. The highest BCUT2D eigenvalue weighted by Crippen LogP contribution is 2.31. The number of fused-ring (bicyclic) bond motifs is 1. The molecule has 2 rings (SSSR count). The van der Waals surface area contributed by atoms with Crippen LogP contribution in [-0.2, 0) is 11.2 Å². The fourth-order valence-corrected chi connectivity index (χ4v) is 4.45. The van der Waals surface area contributed by atoms with Crippen molar-refractivity contribution in [3.63, 3.8) is 0 Å². The molecule has 0 aliphatic carbocycles. The number of H-pyrrole nitrogens is 1. The average Bonchev–Trinajstić information content (AvgIpc) is 2.79. The highest BCUT2D eigenvalue weighted by atomic mass is 32.2. The van der Waals surface area contributed by atoms with Crippen LogP contribution in [0.25, 0.3) is 10.2 Å². The molecule has 0 bridgehead atoms. The van der Waals surface area contributed by atoms with Crippen molar-refractivity contribution in [2.45, 2.75) is 59.5 Å². The van der Waals surface area contributed by atoms with Crippen molar-refractivity contribution in [1.82, 2.24) is 9.97 Å². The van der Waals surface area contributed by atoms with Gasteiger partial charge >= 0.3 is 0 Å². The van der Waals surface area contributed by atoms with Crippen molar-refractivity contribution in [2.24, 2.45) is 11.3 Å². The number of carbonyl (C=O) groups is 1. The second-order valence-electron chi connectivity index (χ2n) is 7.37. The molecule has 0 aromatic carbocycles. The van der Waals surface area contributed by atoms with Gasteiger partial charge in [0.1, 0.15) is 10.6 Å². The second kappa shape index (κ2) is 7.40. The summed E-state index contributed by atoms with van der Waals surface area (Å²) in [6, 6.07) is 0. The predicted molar refractivity (Wildman–Crippen MR) is 103 cm³/mol. The van der Waals surface area contributed by atoms with Gasteiger partial charge in [-0.1, -0.05) is 52.8 Å². The summed E-state index contributed by atoms with van der Waals surface area (Å²) in [5, 5.41) is 1.26. The van der Waals surface area contributed by atoms with Gasteiger partial charge in [0.05, 0.1) is 11.1 Å². The number of Topliss-reactive ketones (excluding diaryl/α,β-unsaturated/α-hetero) is 1. The van der Waals surface area contributed by atoms with E-state index >= 15 is 0 Å². The first-order valence-corrected chi connectivity index (χ1v) is 10.1. The molecule has 0 saturated carbocycles. The number of ketones is 1. The number of aryl methyl sites for hydroxylation is 1. The first-order valence-electron chi connectivity index (χ1n) is 8.31. The third-order valence-corrected chi connectivity index (χ3v) is 6.18. The topological polar surface area (TPSA) is 62.8 Å². The summed E-state index contributed by atoms with van der Waals surface area (Å²) >= 11 is 2.88. The van der Waals surface area contributed by atoms with Crippen LogP contribution in [0, 0.1) is 18.3 Å². The van der Waals surface area contributed by atoms with Crippen LogP contribution >= 0.6 is 23.1 Å². The fourth-order valence-electron chi connectivity index (χ4n) is 2.31. The summed E-state index contributed by atoms with van der Waals surface area (Å²) in [6.07, 6.45) is 1.99. The van der Waals surface area contributed by atoms with E-state index in [4.69, 9.17) is 0 Å². The highest BCUT2D eigenvalue weighted by Gasteiger charge is 2.22. The van der Waals surface area contributed by atoms with E-state index in [1.165, 1.54) is 11.8 Å². The van der Waals surface area contributed by atoms with Crippen molar-refractivity contribution < 1.29 is 4.79 Å². The number of hydrogen-bond donors (Lipinski definition) is 1. The van der Waals surface area contributed by atoms with Gasteiger partial charge in [0.2, 0.25) is 0 Å². The third-order valence-electron chi connectivity index (χ3n) is 4.27. The van der Waals surface area contributed by atoms with E-state index in [9.17, 15) is 9.59 Å². The van der Waals surface area contributed by atoms with Gasteiger partial charge in [-0.2, -0.15) is 0 Å². The molecule has 1 atom stereocenters. The maximum atomic E-state index is 12.6. The van der Waals surface area contributed by atoms with E-state index in [1.807, 2.05) is 20.8 Å². The highest BCUT2D eigenvalue weighted by molar-refractivity contribution is 7.99. The van der Waals surface area contributed by atoms with Gasteiger partial charge < -0.3 is 4.98 Å². The Kier molecular flexibility index (Phi) is 5.91. The Labute approximate surface area is 151 Å². The molecular weight excluding hydrogens is 340 g/mol. The normalized spacial score (nSPS) is 13.4. The lowest BCUT2D eigenvalue weighted by molar-refractivity contribution is -0.123. The molecule has 0 fully saturated rings. The maximum Gasteiger partial charge on any atom is 0.260 e. The Bertz CT molecular complexity index is 800. The Balaban J connectivity index is 2.31. The van der Waals surface area contributed by atoms with Crippen LogP contribution in [0.15, 0.2) is 9.95 Å². The Morgan fingerprint density at radius 3 is 2.62 bits per heavy atom. The monoisotopic (exact) mass is 366 g/mol. The molecule has 2 aromatic rings. The summed E-state index contributed by atoms with van der Waals surface area (Å²) in [7, 11) is 0. The molecule has 0 aliphatic rings. The van der Waals surface area contributed by atoms with Gasteiger partial charge in [0.25, 0.3) is 5.56 Å². The minimum atomic E-state index is -0.375. The van der Waals surface area contributed by atoms with Crippen LogP contribution in [-0.4, -0.2) is 21.5 Å². The third kappa shape index (κ3) is 4.28. The van der Waals surface area contributed by atoms with Crippen molar-refractivity contribution in [3.05, 3.63) is 20.8 Å². The van der Waals surface area contributed by atoms with Crippen molar-refractivity contribution in [1.29, 1.82) is 0 Å². The van der Waals surface area contributed by atoms with E-state index in [1.54, 1.807) is 11.3 Å². The van der Waals surface area contributed by atoms with E-state index in [2.05, 4.69) is 30.7 Å². The molecule has 0 saturated heterocycles. The van der Waals surface area contributed by atoms with Crippen LogP contribution in [0.1, 0.15) is 51.5 Å². The number of thioether (sulfide) groups is 1. The quantitative estimate of drug-likeness (QED) is 0.600. The Hall–Kier alpha value is -1.14. The summed E-state index contributed by atoms with van der Waals surface area (Å²) in [5.41, 5.74) is 0.661. The molecule has 6 heteroatoms. The molecule has 4 nitrogen and oxygen atoms in total. The molecule has 0 radical (unpaired) electrons. The van der Waals surface area contributed by atoms with Gasteiger partial charge in [-0.15, -0.1) is 11.3 Å². The van der Waals surface area contributed by atoms with Crippen molar-refractivity contribution in [2.75, 3.05) is 5.75 Å².